The number of rotatable bonds is 3. The second kappa shape index (κ2) is 6.15. The van der Waals surface area contributed by atoms with Gasteiger partial charge in [0.05, 0.1) is 11.6 Å². The Labute approximate surface area is 129 Å². The minimum absolute atomic E-state index is 0.185. The second-order valence-corrected chi connectivity index (χ2v) is 5.60. The highest BCUT2D eigenvalue weighted by atomic mass is 79.9. The lowest BCUT2D eigenvalue weighted by Crippen LogP contribution is -2.23. The predicted octanol–water partition coefficient (Wildman–Crippen LogP) is 4.48. The summed E-state index contributed by atoms with van der Waals surface area (Å²) in [5.74, 6) is 0. The molecule has 6 heteroatoms. The zero-order valence-electron chi connectivity index (χ0n) is 11.5. The molecule has 1 atom stereocenters. The molecule has 1 aromatic carbocycles. The van der Waals surface area contributed by atoms with E-state index in [0.717, 1.165) is 17.2 Å². The highest BCUT2D eigenvalue weighted by Gasteiger charge is 2.35. The molecule has 0 aliphatic heterocycles. The molecule has 21 heavy (non-hydrogen) atoms. The summed E-state index contributed by atoms with van der Waals surface area (Å²) in [5.41, 5.74) is 1.15. The van der Waals surface area contributed by atoms with Gasteiger partial charge in [-0.3, -0.25) is 4.98 Å². The van der Waals surface area contributed by atoms with Crippen LogP contribution in [0.4, 0.5) is 13.2 Å². The zero-order valence-corrected chi connectivity index (χ0v) is 13.1. The molecule has 0 radical (unpaired) electrons. The number of alkyl halides is 3. The van der Waals surface area contributed by atoms with Crippen LogP contribution in [0.3, 0.4) is 0 Å². The van der Waals surface area contributed by atoms with Crippen molar-refractivity contribution >= 4 is 15.9 Å². The lowest BCUT2D eigenvalue weighted by Gasteiger charge is -2.23. The van der Waals surface area contributed by atoms with Gasteiger partial charge >= 0.3 is 6.18 Å². The SMILES string of the molecule is CNC(c1cnccc1C)c1ccc(Br)cc1C(F)(F)F. The number of pyridine rings is 1. The van der Waals surface area contributed by atoms with Gasteiger partial charge < -0.3 is 5.32 Å². The molecule has 0 spiro atoms. The van der Waals surface area contributed by atoms with Crippen LogP contribution in [0.5, 0.6) is 0 Å². The average molecular weight is 359 g/mol. The fourth-order valence-corrected chi connectivity index (χ4v) is 2.64. The van der Waals surface area contributed by atoms with Crippen molar-refractivity contribution in [2.75, 3.05) is 7.05 Å². The van der Waals surface area contributed by atoms with Crippen molar-refractivity contribution < 1.29 is 13.2 Å². The maximum absolute atomic E-state index is 13.3. The summed E-state index contributed by atoms with van der Waals surface area (Å²) in [6, 6.07) is 5.42. The third kappa shape index (κ3) is 3.44. The monoisotopic (exact) mass is 358 g/mol. The van der Waals surface area contributed by atoms with Crippen LogP contribution in [-0.2, 0) is 6.18 Å². The van der Waals surface area contributed by atoms with Crippen molar-refractivity contribution in [3.8, 4) is 0 Å². The third-order valence-corrected chi connectivity index (χ3v) is 3.80. The Balaban J connectivity index is 2.61. The van der Waals surface area contributed by atoms with E-state index in [0.29, 0.717) is 4.47 Å². The molecule has 1 aromatic heterocycles. The van der Waals surface area contributed by atoms with Gasteiger partial charge in [0.15, 0.2) is 0 Å². The highest BCUT2D eigenvalue weighted by molar-refractivity contribution is 9.10. The van der Waals surface area contributed by atoms with Gasteiger partial charge in [0, 0.05) is 16.9 Å². The van der Waals surface area contributed by atoms with E-state index in [4.69, 9.17) is 0 Å². The lowest BCUT2D eigenvalue weighted by molar-refractivity contribution is -0.138. The van der Waals surface area contributed by atoms with Gasteiger partial charge in [-0.25, -0.2) is 0 Å². The van der Waals surface area contributed by atoms with E-state index < -0.39 is 17.8 Å². The smallest absolute Gasteiger partial charge is 0.309 e. The number of aryl methyl sites for hydroxylation is 1. The summed E-state index contributed by atoms with van der Waals surface area (Å²) in [5, 5.41) is 2.95. The van der Waals surface area contributed by atoms with E-state index in [9.17, 15) is 13.2 Å². The predicted molar refractivity (Wildman–Crippen MR) is 79.0 cm³/mol. The average Bonchev–Trinajstić information content (AvgIpc) is 2.42. The maximum atomic E-state index is 13.3. The Bertz CT molecular complexity index is 641. The first kappa shape index (κ1) is 16.0. The van der Waals surface area contributed by atoms with E-state index in [2.05, 4.69) is 26.2 Å². The Kier molecular flexibility index (Phi) is 4.68. The fraction of sp³-hybridized carbons (Fsp3) is 0.267. The summed E-state index contributed by atoms with van der Waals surface area (Å²) in [7, 11) is 1.64. The van der Waals surface area contributed by atoms with Crippen molar-refractivity contribution in [2.45, 2.75) is 19.1 Å². The van der Waals surface area contributed by atoms with Crippen LogP contribution in [0.15, 0.2) is 41.1 Å². The molecule has 1 N–H and O–H groups in total. The van der Waals surface area contributed by atoms with Crippen LogP contribution < -0.4 is 5.32 Å². The molecular formula is C15H14BrF3N2. The van der Waals surface area contributed by atoms with Crippen molar-refractivity contribution in [3.05, 3.63) is 63.4 Å². The Morgan fingerprint density at radius 2 is 1.90 bits per heavy atom. The molecule has 2 aromatic rings. The molecule has 1 heterocycles. The number of halogens is 4. The zero-order chi connectivity index (χ0) is 15.6. The first-order chi connectivity index (χ1) is 9.84. The second-order valence-electron chi connectivity index (χ2n) is 4.68. The van der Waals surface area contributed by atoms with Gasteiger partial charge in [-0.05, 0) is 48.9 Å². The molecule has 0 aliphatic carbocycles. The fourth-order valence-electron chi connectivity index (χ4n) is 2.28. The van der Waals surface area contributed by atoms with Crippen LogP contribution in [0, 0.1) is 6.92 Å². The molecule has 0 fully saturated rings. The van der Waals surface area contributed by atoms with Gasteiger partial charge in [-0.15, -0.1) is 0 Å². The topological polar surface area (TPSA) is 24.9 Å². The highest BCUT2D eigenvalue weighted by Crippen LogP contribution is 2.38. The first-order valence-electron chi connectivity index (χ1n) is 6.29. The first-order valence-corrected chi connectivity index (χ1v) is 7.08. The third-order valence-electron chi connectivity index (χ3n) is 3.31. The van der Waals surface area contributed by atoms with Gasteiger partial charge in [0.2, 0.25) is 0 Å². The summed E-state index contributed by atoms with van der Waals surface area (Å²) >= 11 is 3.10. The van der Waals surface area contributed by atoms with E-state index in [1.807, 2.05) is 6.92 Å². The van der Waals surface area contributed by atoms with Crippen LogP contribution in [-0.4, -0.2) is 12.0 Å². The van der Waals surface area contributed by atoms with Gasteiger partial charge in [-0.1, -0.05) is 22.0 Å². The number of aromatic nitrogens is 1. The molecule has 1 unspecified atom stereocenters. The molecular weight excluding hydrogens is 345 g/mol. The minimum Gasteiger partial charge on any atom is -0.309 e. The van der Waals surface area contributed by atoms with Gasteiger partial charge in [-0.2, -0.15) is 13.2 Å². The largest absolute Gasteiger partial charge is 0.416 e. The summed E-state index contributed by atoms with van der Waals surface area (Å²) in [4.78, 5) is 4.02. The van der Waals surface area contributed by atoms with Crippen molar-refractivity contribution in [2.24, 2.45) is 0 Å². The van der Waals surface area contributed by atoms with E-state index in [1.54, 1.807) is 31.6 Å². The molecule has 0 bridgehead atoms. The molecule has 112 valence electrons. The Hall–Kier alpha value is -1.40. The number of hydrogen-bond acceptors (Lipinski definition) is 2. The number of nitrogens with one attached hydrogen (secondary N) is 1. The molecule has 2 nitrogen and oxygen atoms in total. The Morgan fingerprint density at radius 3 is 2.48 bits per heavy atom. The standard InChI is InChI=1S/C15H14BrF3N2/c1-9-5-6-21-8-12(9)14(20-2)11-4-3-10(16)7-13(11)15(17,18)19/h3-8,14,20H,1-2H3. The van der Waals surface area contributed by atoms with Crippen LogP contribution in [0.1, 0.15) is 28.3 Å². The molecule has 0 saturated heterocycles. The van der Waals surface area contributed by atoms with Crippen LogP contribution in [0.2, 0.25) is 0 Å². The Morgan fingerprint density at radius 1 is 1.19 bits per heavy atom. The van der Waals surface area contributed by atoms with Crippen LogP contribution in [0.25, 0.3) is 0 Å². The quantitative estimate of drug-likeness (QED) is 0.874. The van der Waals surface area contributed by atoms with Crippen molar-refractivity contribution in [1.82, 2.24) is 10.3 Å². The van der Waals surface area contributed by atoms with E-state index in [1.165, 1.54) is 6.07 Å². The van der Waals surface area contributed by atoms with Crippen molar-refractivity contribution in [3.63, 3.8) is 0 Å². The van der Waals surface area contributed by atoms with Crippen LogP contribution >= 0.6 is 15.9 Å². The summed E-state index contributed by atoms with van der Waals surface area (Å²) in [6.07, 6.45) is -1.19. The van der Waals surface area contributed by atoms with E-state index in [-0.39, 0.29) is 5.56 Å². The number of nitrogens with zero attached hydrogens (tertiary/aromatic N) is 1. The minimum atomic E-state index is -4.41. The van der Waals surface area contributed by atoms with E-state index >= 15 is 0 Å². The normalized spacial score (nSPS) is 13.2. The molecule has 0 saturated carbocycles. The van der Waals surface area contributed by atoms with Gasteiger partial charge in [0.1, 0.15) is 0 Å². The maximum Gasteiger partial charge on any atom is 0.416 e. The summed E-state index contributed by atoms with van der Waals surface area (Å²) in [6.45, 7) is 1.85. The number of benzene rings is 1. The molecule has 0 aliphatic rings. The lowest BCUT2D eigenvalue weighted by atomic mass is 9.93. The molecule has 2 rings (SSSR count). The number of hydrogen-bond donors (Lipinski definition) is 1. The summed E-state index contributed by atoms with van der Waals surface area (Å²) < 4.78 is 40.2. The van der Waals surface area contributed by atoms with Gasteiger partial charge in [0.25, 0.3) is 0 Å². The van der Waals surface area contributed by atoms with Crippen molar-refractivity contribution in [1.29, 1.82) is 0 Å². The molecule has 0 amide bonds.